The molecule has 0 radical (unpaired) electrons. The third kappa shape index (κ3) is 6.70. The minimum Gasteiger partial charge on any atom is -0.497 e. The largest absolute Gasteiger partial charge is 0.497 e. The van der Waals surface area contributed by atoms with Gasteiger partial charge in [0.2, 0.25) is 0 Å². The van der Waals surface area contributed by atoms with Crippen LogP contribution in [0.2, 0.25) is 0 Å². The average Bonchev–Trinajstić information content (AvgIpc) is 2.64. The molecule has 26 heavy (non-hydrogen) atoms. The van der Waals surface area contributed by atoms with Gasteiger partial charge in [-0.15, -0.1) is 24.0 Å². The van der Waals surface area contributed by atoms with Gasteiger partial charge in [0.05, 0.1) is 13.7 Å². The zero-order valence-corrected chi connectivity index (χ0v) is 17.5. The summed E-state index contributed by atoms with van der Waals surface area (Å²) in [6.45, 7) is 3.33. The maximum atomic E-state index is 13.9. The van der Waals surface area contributed by atoms with E-state index in [9.17, 15) is 4.39 Å². The maximum absolute atomic E-state index is 13.9. The van der Waals surface area contributed by atoms with E-state index in [-0.39, 0.29) is 35.5 Å². The van der Waals surface area contributed by atoms with E-state index in [1.165, 1.54) is 6.07 Å². The molecule has 0 saturated heterocycles. The molecular formula is C19H25FIN3O2. The molecule has 0 amide bonds. The fourth-order valence-electron chi connectivity index (χ4n) is 2.30. The highest BCUT2D eigenvalue weighted by Gasteiger charge is 2.05. The third-order valence-corrected chi connectivity index (χ3v) is 3.57. The maximum Gasteiger partial charge on any atom is 0.191 e. The van der Waals surface area contributed by atoms with Crippen LogP contribution in [0.25, 0.3) is 0 Å². The van der Waals surface area contributed by atoms with Crippen LogP contribution in [0.1, 0.15) is 18.1 Å². The Morgan fingerprint density at radius 1 is 1.08 bits per heavy atom. The Labute approximate surface area is 171 Å². The minimum absolute atomic E-state index is 0. The van der Waals surface area contributed by atoms with Crippen molar-refractivity contribution in [3.63, 3.8) is 0 Å². The Bertz CT molecular complexity index is 726. The first-order chi connectivity index (χ1) is 12.2. The number of nitrogens with zero attached hydrogens (tertiary/aromatic N) is 1. The second-order valence-corrected chi connectivity index (χ2v) is 5.33. The zero-order valence-electron chi connectivity index (χ0n) is 15.2. The summed E-state index contributed by atoms with van der Waals surface area (Å²) in [6.07, 6.45) is 0. The Kier molecular flexibility index (Phi) is 9.79. The van der Waals surface area contributed by atoms with Gasteiger partial charge in [0.15, 0.2) is 17.5 Å². The van der Waals surface area contributed by atoms with Crippen molar-refractivity contribution in [2.24, 2.45) is 4.99 Å². The molecule has 0 aliphatic heterocycles. The molecule has 5 nitrogen and oxygen atoms in total. The van der Waals surface area contributed by atoms with E-state index in [0.29, 0.717) is 25.7 Å². The summed E-state index contributed by atoms with van der Waals surface area (Å²) in [5.74, 6) is 1.36. The molecule has 0 aliphatic carbocycles. The number of hydrogen-bond acceptors (Lipinski definition) is 3. The van der Waals surface area contributed by atoms with Gasteiger partial charge in [-0.1, -0.05) is 18.2 Å². The van der Waals surface area contributed by atoms with E-state index in [2.05, 4.69) is 15.6 Å². The van der Waals surface area contributed by atoms with Crippen molar-refractivity contribution in [1.29, 1.82) is 0 Å². The molecule has 2 aromatic rings. The SMILES string of the molecule is CCOc1ccc(CNC(=NC)NCc2cccc(OC)c2)cc1F.I. The number of guanidine groups is 1. The third-order valence-electron chi connectivity index (χ3n) is 3.57. The molecule has 0 aromatic heterocycles. The molecule has 0 bridgehead atoms. The van der Waals surface area contributed by atoms with Crippen LogP contribution < -0.4 is 20.1 Å². The van der Waals surface area contributed by atoms with Crippen LogP contribution in [0.15, 0.2) is 47.5 Å². The van der Waals surface area contributed by atoms with Crippen LogP contribution >= 0.6 is 24.0 Å². The van der Waals surface area contributed by atoms with Crippen LogP contribution in [0.3, 0.4) is 0 Å². The summed E-state index contributed by atoms with van der Waals surface area (Å²) >= 11 is 0. The lowest BCUT2D eigenvalue weighted by molar-refractivity contribution is 0.321. The summed E-state index contributed by atoms with van der Waals surface area (Å²) in [7, 11) is 3.34. The standard InChI is InChI=1S/C19H24FN3O2.HI/c1-4-25-18-9-8-15(11-17(18)20)13-23-19(21-2)22-12-14-6-5-7-16(10-14)24-3;/h5-11H,4,12-13H2,1-3H3,(H2,21,22,23);1H. The number of methoxy groups -OCH3 is 1. The predicted molar refractivity (Wildman–Crippen MR) is 113 cm³/mol. The lowest BCUT2D eigenvalue weighted by Gasteiger charge is -2.13. The molecule has 2 N–H and O–H groups in total. The summed E-state index contributed by atoms with van der Waals surface area (Å²) in [6, 6.07) is 12.7. The molecule has 2 aromatic carbocycles. The van der Waals surface area contributed by atoms with Crippen molar-refractivity contribution < 1.29 is 13.9 Å². The number of rotatable bonds is 7. The van der Waals surface area contributed by atoms with Gasteiger partial charge in [-0.2, -0.15) is 0 Å². The first kappa shape index (κ1) is 22.0. The topological polar surface area (TPSA) is 54.9 Å². The molecule has 0 aliphatic rings. The second kappa shape index (κ2) is 11.6. The number of ether oxygens (including phenoxy) is 2. The first-order valence-corrected chi connectivity index (χ1v) is 8.15. The smallest absolute Gasteiger partial charge is 0.191 e. The number of benzene rings is 2. The van der Waals surface area contributed by atoms with Crippen LogP contribution in [0.4, 0.5) is 4.39 Å². The molecule has 0 atom stereocenters. The molecule has 7 heteroatoms. The Balaban J connectivity index is 0.00000338. The minimum atomic E-state index is -0.361. The molecule has 0 heterocycles. The number of halogens is 2. The lowest BCUT2D eigenvalue weighted by Crippen LogP contribution is -2.36. The molecule has 0 spiro atoms. The van der Waals surface area contributed by atoms with E-state index in [1.54, 1.807) is 20.2 Å². The van der Waals surface area contributed by atoms with Gasteiger partial charge in [-0.3, -0.25) is 4.99 Å². The number of hydrogen-bond donors (Lipinski definition) is 2. The Hall–Kier alpha value is -2.03. The van der Waals surface area contributed by atoms with Gasteiger partial charge in [-0.05, 0) is 42.3 Å². The van der Waals surface area contributed by atoms with Crippen molar-refractivity contribution in [3.8, 4) is 11.5 Å². The van der Waals surface area contributed by atoms with E-state index in [1.807, 2.05) is 37.3 Å². The van der Waals surface area contributed by atoms with Gasteiger partial charge in [0.1, 0.15) is 5.75 Å². The summed E-state index contributed by atoms with van der Waals surface area (Å²) in [4.78, 5) is 4.17. The van der Waals surface area contributed by atoms with Gasteiger partial charge >= 0.3 is 0 Å². The van der Waals surface area contributed by atoms with Gasteiger partial charge < -0.3 is 20.1 Å². The van der Waals surface area contributed by atoms with Crippen molar-refractivity contribution in [1.82, 2.24) is 10.6 Å². The van der Waals surface area contributed by atoms with Crippen LogP contribution in [-0.2, 0) is 13.1 Å². The number of nitrogens with one attached hydrogen (secondary N) is 2. The van der Waals surface area contributed by atoms with Crippen molar-refractivity contribution in [2.75, 3.05) is 20.8 Å². The summed E-state index contributed by atoms with van der Waals surface area (Å²) < 4.78 is 24.3. The summed E-state index contributed by atoms with van der Waals surface area (Å²) in [5, 5.41) is 6.38. The monoisotopic (exact) mass is 473 g/mol. The average molecular weight is 473 g/mol. The lowest BCUT2D eigenvalue weighted by atomic mass is 10.2. The van der Waals surface area contributed by atoms with E-state index >= 15 is 0 Å². The van der Waals surface area contributed by atoms with Crippen molar-refractivity contribution in [3.05, 3.63) is 59.4 Å². The highest BCUT2D eigenvalue weighted by Crippen LogP contribution is 2.18. The van der Waals surface area contributed by atoms with Gasteiger partial charge in [0.25, 0.3) is 0 Å². The van der Waals surface area contributed by atoms with Crippen LogP contribution in [0.5, 0.6) is 11.5 Å². The van der Waals surface area contributed by atoms with E-state index < -0.39 is 0 Å². The van der Waals surface area contributed by atoms with Gasteiger partial charge in [-0.25, -0.2) is 4.39 Å². The first-order valence-electron chi connectivity index (χ1n) is 8.15. The van der Waals surface area contributed by atoms with Crippen LogP contribution in [0, 0.1) is 5.82 Å². The van der Waals surface area contributed by atoms with E-state index in [0.717, 1.165) is 16.9 Å². The van der Waals surface area contributed by atoms with Crippen LogP contribution in [-0.4, -0.2) is 26.7 Å². The summed E-state index contributed by atoms with van der Waals surface area (Å²) in [5.41, 5.74) is 1.89. The molecule has 142 valence electrons. The van der Waals surface area contributed by atoms with Crippen molar-refractivity contribution in [2.45, 2.75) is 20.0 Å². The van der Waals surface area contributed by atoms with E-state index in [4.69, 9.17) is 9.47 Å². The zero-order chi connectivity index (χ0) is 18.1. The fourth-order valence-corrected chi connectivity index (χ4v) is 2.30. The Morgan fingerprint density at radius 3 is 2.35 bits per heavy atom. The van der Waals surface area contributed by atoms with Gasteiger partial charge in [0, 0.05) is 20.1 Å². The molecule has 0 unspecified atom stereocenters. The Morgan fingerprint density at radius 2 is 1.77 bits per heavy atom. The quantitative estimate of drug-likeness (QED) is 0.366. The highest BCUT2D eigenvalue weighted by molar-refractivity contribution is 14.0. The molecule has 2 rings (SSSR count). The molecular weight excluding hydrogens is 448 g/mol. The normalized spacial score (nSPS) is 10.7. The molecule has 0 fully saturated rings. The van der Waals surface area contributed by atoms with Crippen molar-refractivity contribution >= 4 is 29.9 Å². The fraction of sp³-hybridized carbons (Fsp3) is 0.316. The number of aliphatic imine (C=N–C) groups is 1. The highest BCUT2D eigenvalue weighted by atomic mass is 127. The second-order valence-electron chi connectivity index (χ2n) is 5.33. The predicted octanol–water partition coefficient (Wildman–Crippen LogP) is 3.72. The molecule has 0 saturated carbocycles.